The SMILES string of the molecule is CN(C(=O)NC(=O)c1cccc(F)c1Cl)c1ccc(SC(F)(F)C(F)F)cc1F. The summed E-state index contributed by atoms with van der Waals surface area (Å²) in [5, 5.41) is -3.08. The van der Waals surface area contributed by atoms with Gasteiger partial charge < -0.3 is 0 Å². The number of nitrogens with one attached hydrogen (secondary N) is 1. The minimum Gasteiger partial charge on any atom is -0.294 e. The van der Waals surface area contributed by atoms with Crippen molar-refractivity contribution < 1.29 is 35.9 Å². The van der Waals surface area contributed by atoms with Crippen molar-refractivity contribution in [3.8, 4) is 0 Å². The number of carbonyl (C=O) groups excluding carboxylic acids is 2. The lowest BCUT2D eigenvalue weighted by molar-refractivity contribution is -0.0563. The fraction of sp³-hybridized carbons (Fsp3) is 0.176. The summed E-state index contributed by atoms with van der Waals surface area (Å²) in [5.74, 6) is -3.12. The van der Waals surface area contributed by atoms with E-state index in [9.17, 15) is 35.9 Å². The number of hydrogen-bond donors (Lipinski definition) is 1. The fourth-order valence-electron chi connectivity index (χ4n) is 2.06. The maximum Gasteiger partial charge on any atom is 0.357 e. The highest BCUT2D eigenvalue weighted by Crippen LogP contribution is 2.41. The largest absolute Gasteiger partial charge is 0.357 e. The van der Waals surface area contributed by atoms with Gasteiger partial charge in [0.1, 0.15) is 11.6 Å². The molecule has 0 bridgehead atoms. The third kappa shape index (κ3) is 5.36. The predicted molar refractivity (Wildman–Crippen MR) is 95.9 cm³/mol. The number of benzene rings is 2. The fourth-order valence-corrected chi connectivity index (χ4v) is 2.98. The van der Waals surface area contributed by atoms with Crippen LogP contribution in [0.15, 0.2) is 41.3 Å². The first-order chi connectivity index (χ1) is 13.4. The van der Waals surface area contributed by atoms with E-state index in [1.807, 2.05) is 5.32 Å². The van der Waals surface area contributed by atoms with E-state index >= 15 is 0 Å². The zero-order valence-corrected chi connectivity index (χ0v) is 15.9. The van der Waals surface area contributed by atoms with E-state index in [-0.39, 0.29) is 5.56 Å². The van der Waals surface area contributed by atoms with Crippen LogP contribution >= 0.6 is 23.4 Å². The third-order valence-electron chi connectivity index (χ3n) is 3.51. The second-order valence-electron chi connectivity index (χ2n) is 5.50. The molecule has 156 valence electrons. The van der Waals surface area contributed by atoms with Gasteiger partial charge in [-0.3, -0.25) is 15.0 Å². The van der Waals surface area contributed by atoms with Gasteiger partial charge in [-0.05, 0) is 42.1 Å². The van der Waals surface area contributed by atoms with Crippen molar-refractivity contribution >= 4 is 41.0 Å². The molecule has 0 radical (unpaired) electrons. The first-order valence-electron chi connectivity index (χ1n) is 7.61. The van der Waals surface area contributed by atoms with E-state index in [1.165, 1.54) is 6.07 Å². The van der Waals surface area contributed by atoms with Crippen molar-refractivity contribution in [2.24, 2.45) is 0 Å². The van der Waals surface area contributed by atoms with Crippen molar-refractivity contribution in [2.75, 3.05) is 11.9 Å². The second kappa shape index (κ2) is 8.95. The Kier molecular flexibility index (Phi) is 7.06. The zero-order valence-electron chi connectivity index (χ0n) is 14.4. The number of halogens is 7. The molecule has 0 aliphatic carbocycles. The minimum atomic E-state index is -4.42. The molecule has 0 unspecified atom stereocenters. The number of anilines is 1. The summed E-state index contributed by atoms with van der Waals surface area (Å²) in [5.41, 5.74) is -0.764. The lowest BCUT2D eigenvalue weighted by Crippen LogP contribution is -2.41. The van der Waals surface area contributed by atoms with Gasteiger partial charge in [0.2, 0.25) is 0 Å². The molecule has 3 amide bonds. The number of nitrogens with zero attached hydrogens (tertiary/aromatic N) is 1. The average Bonchev–Trinajstić information content (AvgIpc) is 2.63. The Hall–Kier alpha value is -2.40. The Balaban J connectivity index is 2.15. The highest BCUT2D eigenvalue weighted by Gasteiger charge is 2.42. The van der Waals surface area contributed by atoms with Crippen molar-refractivity contribution in [3.05, 3.63) is 58.6 Å². The quantitative estimate of drug-likeness (QED) is 0.474. The van der Waals surface area contributed by atoms with Gasteiger partial charge in [0.15, 0.2) is 0 Å². The third-order valence-corrected chi connectivity index (χ3v) is 4.83. The molecule has 0 saturated heterocycles. The summed E-state index contributed by atoms with van der Waals surface area (Å²) in [6.45, 7) is 0. The van der Waals surface area contributed by atoms with Gasteiger partial charge in [0, 0.05) is 11.9 Å². The monoisotopic (exact) mass is 456 g/mol. The van der Waals surface area contributed by atoms with Gasteiger partial charge in [-0.15, -0.1) is 0 Å². The van der Waals surface area contributed by atoms with Gasteiger partial charge in [0.05, 0.1) is 16.3 Å². The number of hydrogen-bond acceptors (Lipinski definition) is 3. The van der Waals surface area contributed by atoms with E-state index in [2.05, 4.69) is 0 Å². The molecule has 2 rings (SSSR count). The number of alkyl halides is 4. The van der Waals surface area contributed by atoms with E-state index < -0.39 is 62.6 Å². The second-order valence-corrected chi connectivity index (χ2v) is 7.10. The average molecular weight is 457 g/mol. The summed E-state index contributed by atoms with van der Waals surface area (Å²) >= 11 is 5.11. The Bertz CT molecular complexity index is 944. The van der Waals surface area contributed by atoms with Crippen LogP contribution in [0.4, 0.5) is 36.8 Å². The molecule has 1 N–H and O–H groups in total. The molecular weight excluding hydrogens is 446 g/mol. The van der Waals surface area contributed by atoms with Crippen LogP contribution in [0.5, 0.6) is 0 Å². The van der Waals surface area contributed by atoms with Gasteiger partial charge in [-0.2, -0.15) is 8.78 Å². The summed E-state index contributed by atoms with van der Waals surface area (Å²) in [6, 6.07) is 4.57. The smallest absolute Gasteiger partial charge is 0.294 e. The van der Waals surface area contributed by atoms with Gasteiger partial charge in [-0.1, -0.05) is 17.7 Å². The number of amides is 3. The number of imide groups is 1. The Labute approximate surface area is 169 Å². The Morgan fingerprint density at radius 2 is 1.79 bits per heavy atom. The molecular formula is C17H11ClF6N2O2S. The van der Waals surface area contributed by atoms with Crippen LogP contribution in [0.1, 0.15) is 10.4 Å². The topological polar surface area (TPSA) is 49.4 Å². The summed E-state index contributed by atoms with van der Waals surface area (Å²) < 4.78 is 78.2. The zero-order chi connectivity index (χ0) is 21.9. The van der Waals surface area contributed by atoms with Gasteiger partial charge in [0.25, 0.3) is 5.91 Å². The van der Waals surface area contributed by atoms with Crippen molar-refractivity contribution in [1.82, 2.24) is 5.32 Å². The van der Waals surface area contributed by atoms with Crippen LogP contribution in [-0.2, 0) is 0 Å². The minimum absolute atomic E-state index is 0.338. The first-order valence-corrected chi connectivity index (χ1v) is 8.81. The summed E-state index contributed by atoms with van der Waals surface area (Å²) in [4.78, 5) is 24.4. The first kappa shape index (κ1) is 22.9. The molecule has 0 aliphatic heterocycles. The summed E-state index contributed by atoms with van der Waals surface area (Å²) in [6.07, 6.45) is -3.95. The standard InChI is InChI=1S/C17H11ClF6N2O2S/c1-26(16(28)25-14(27)9-3-2-4-10(19)13(9)18)12-6-5-8(7-11(12)20)29-17(23,24)15(21)22/h2-7,15H,1H3,(H,25,27,28). The molecule has 4 nitrogen and oxygen atoms in total. The lowest BCUT2D eigenvalue weighted by atomic mass is 10.2. The van der Waals surface area contributed by atoms with Crippen LogP contribution in [0.2, 0.25) is 5.02 Å². The van der Waals surface area contributed by atoms with Crippen LogP contribution in [0.25, 0.3) is 0 Å². The molecule has 0 atom stereocenters. The predicted octanol–water partition coefficient (Wildman–Crippen LogP) is 5.55. The molecule has 0 fully saturated rings. The number of urea groups is 1. The molecule has 29 heavy (non-hydrogen) atoms. The van der Waals surface area contributed by atoms with Crippen molar-refractivity contribution in [3.63, 3.8) is 0 Å². The van der Waals surface area contributed by atoms with Crippen LogP contribution in [0.3, 0.4) is 0 Å². The molecule has 0 aliphatic rings. The molecule has 0 saturated carbocycles. The molecule has 2 aromatic rings. The van der Waals surface area contributed by atoms with Crippen LogP contribution < -0.4 is 10.2 Å². The number of thioether (sulfide) groups is 1. The highest BCUT2D eigenvalue weighted by atomic mass is 35.5. The maximum absolute atomic E-state index is 14.2. The molecule has 12 heteroatoms. The Morgan fingerprint density at radius 1 is 1.14 bits per heavy atom. The van der Waals surface area contributed by atoms with E-state index in [1.54, 1.807) is 0 Å². The number of carbonyl (C=O) groups is 2. The van der Waals surface area contributed by atoms with E-state index in [4.69, 9.17) is 11.6 Å². The van der Waals surface area contributed by atoms with Crippen molar-refractivity contribution in [1.29, 1.82) is 0 Å². The molecule has 0 heterocycles. The highest BCUT2D eigenvalue weighted by molar-refractivity contribution is 8.00. The maximum atomic E-state index is 14.2. The van der Waals surface area contributed by atoms with E-state index in [0.717, 1.165) is 31.3 Å². The van der Waals surface area contributed by atoms with Crippen LogP contribution in [-0.4, -0.2) is 30.7 Å². The van der Waals surface area contributed by atoms with Crippen molar-refractivity contribution in [2.45, 2.75) is 16.6 Å². The van der Waals surface area contributed by atoms with Gasteiger partial charge in [-0.25, -0.2) is 22.4 Å². The molecule has 0 aromatic heterocycles. The normalized spacial score (nSPS) is 11.5. The molecule has 2 aromatic carbocycles. The molecule has 0 spiro atoms. The number of rotatable bonds is 5. The van der Waals surface area contributed by atoms with Crippen LogP contribution in [0, 0.1) is 11.6 Å². The lowest BCUT2D eigenvalue weighted by Gasteiger charge is -2.19. The summed E-state index contributed by atoms with van der Waals surface area (Å²) in [7, 11) is 1.06. The van der Waals surface area contributed by atoms with E-state index in [0.29, 0.717) is 11.0 Å². The Morgan fingerprint density at radius 3 is 2.38 bits per heavy atom. The van der Waals surface area contributed by atoms with Gasteiger partial charge >= 0.3 is 17.7 Å².